The summed E-state index contributed by atoms with van der Waals surface area (Å²) in [6, 6.07) is 9.79. The largest absolute Gasteiger partial charge is 0.484 e. The lowest BCUT2D eigenvalue weighted by atomic mass is 10.1. The Morgan fingerprint density at radius 2 is 1.45 bits per heavy atom. The fourth-order valence-electron chi connectivity index (χ4n) is 2.16. The standard InChI is InChI=1S/C17H17Br2NO2/c1-10-4-11(2)6-13(5-10)22-9-16(21)20-17-14(18)7-12(3)8-15(17)19/h4-8H,9H2,1-3H3,(H,20,21). The Balaban J connectivity index is 2.02. The Labute approximate surface area is 147 Å². The summed E-state index contributed by atoms with van der Waals surface area (Å²) in [5, 5.41) is 2.85. The van der Waals surface area contributed by atoms with Crippen molar-refractivity contribution in [3.8, 4) is 5.75 Å². The molecule has 2 rings (SSSR count). The molecule has 0 fully saturated rings. The van der Waals surface area contributed by atoms with Crippen molar-refractivity contribution in [2.24, 2.45) is 0 Å². The molecule has 0 saturated carbocycles. The second-order valence-corrected chi connectivity index (χ2v) is 6.97. The summed E-state index contributed by atoms with van der Waals surface area (Å²) in [4.78, 5) is 12.1. The minimum absolute atomic E-state index is 0.0321. The van der Waals surface area contributed by atoms with Gasteiger partial charge in [0.2, 0.25) is 0 Å². The Bertz CT molecular complexity index is 671. The van der Waals surface area contributed by atoms with Crippen LogP contribution >= 0.6 is 31.9 Å². The number of benzene rings is 2. The number of amides is 1. The number of carbonyl (C=O) groups excluding carboxylic acids is 1. The lowest BCUT2D eigenvalue weighted by Crippen LogP contribution is -2.20. The topological polar surface area (TPSA) is 38.3 Å². The van der Waals surface area contributed by atoms with Gasteiger partial charge in [0.1, 0.15) is 5.75 Å². The fraction of sp³-hybridized carbons (Fsp3) is 0.235. The molecule has 1 amide bonds. The molecule has 0 radical (unpaired) electrons. The first-order valence-corrected chi connectivity index (χ1v) is 8.40. The molecule has 0 aromatic heterocycles. The monoisotopic (exact) mass is 425 g/mol. The van der Waals surface area contributed by atoms with Crippen molar-refractivity contribution in [1.82, 2.24) is 0 Å². The number of halogens is 2. The van der Waals surface area contributed by atoms with E-state index in [1.165, 1.54) is 0 Å². The van der Waals surface area contributed by atoms with Crippen molar-refractivity contribution in [2.75, 3.05) is 11.9 Å². The lowest BCUT2D eigenvalue weighted by molar-refractivity contribution is -0.118. The maximum Gasteiger partial charge on any atom is 0.262 e. The molecule has 0 heterocycles. The number of hydrogen-bond donors (Lipinski definition) is 1. The number of anilines is 1. The Kier molecular flexibility index (Phi) is 5.64. The van der Waals surface area contributed by atoms with E-state index in [0.717, 1.165) is 25.6 Å². The van der Waals surface area contributed by atoms with E-state index in [9.17, 15) is 4.79 Å². The van der Waals surface area contributed by atoms with E-state index in [4.69, 9.17) is 4.74 Å². The zero-order valence-electron chi connectivity index (χ0n) is 12.7. The van der Waals surface area contributed by atoms with Crippen molar-refractivity contribution in [3.05, 3.63) is 56.0 Å². The van der Waals surface area contributed by atoms with Crippen LogP contribution in [0.3, 0.4) is 0 Å². The van der Waals surface area contributed by atoms with E-state index in [1.54, 1.807) is 0 Å². The average molecular weight is 427 g/mol. The van der Waals surface area contributed by atoms with Crippen LogP contribution in [0.15, 0.2) is 39.3 Å². The van der Waals surface area contributed by atoms with E-state index in [-0.39, 0.29) is 12.5 Å². The predicted octanol–water partition coefficient (Wildman–Crippen LogP) is 5.15. The fourth-order valence-corrected chi connectivity index (χ4v) is 3.77. The van der Waals surface area contributed by atoms with Gasteiger partial charge in [-0.15, -0.1) is 0 Å². The minimum Gasteiger partial charge on any atom is -0.484 e. The van der Waals surface area contributed by atoms with E-state index in [0.29, 0.717) is 11.4 Å². The third-order valence-corrected chi connectivity index (χ3v) is 4.27. The molecule has 2 aromatic rings. The third-order valence-electron chi connectivity index (χ3n) is 3.02. The Morgan fingerprint density at radius 1 is 0.955 bits per heavy atom. The molecule has 0 unspecified atom stereocenters. The predicted molar refractivity (Wildman–Crippen MR) is 96.6 cm³/mol. The van der Waals surface area contributed by atoms with Crippen LogP contribution in [0.5, 0.6) is 5.75 Å². The molecule has 0 saturated heterocycles. The molecule has 0 spiro atoms. The van der Waals surface area contributed by atoms with Gasteiger partial charge < -0.3 is 10.1 Å². The van der Waals surface area contributed by atoms with Crippen LogP contribution in [-0.2, 0) is 4.79 Å². The summed E-state index contributed by atoms with van der Waals surface area (Å²) in [7, 11) is 0. The van der Waals surface area contributed by atoms with Crippen molar-refractivity contribution in [1.29, 1.82) is 0 Å². The molecule has 3 nitrogen and oxygen atoms in total. The number of aryl methyl sites for hydroxylation is 3. The summed E-state index contributed by atoms with van der Waals surface area (Å²) in [6.45, 7) is 5.96. The summed E-state index contributed by atoms with van der Waals surface area (Å²) in [5.41, 5.74) is 4.03. The molecule has 116 valence electrons. The molecule has 0 aliphatic carbocycles. The van der Waals surface area contributed by atoms with Gasteiger partial charge in [-0.2, -0.15) is 0 Å². The first kappa shape index (κ1) is 17.0. The zero-order valence-corrected chi connectivity index (χ0v) is 15.8. The lowest BCUT2D eigenvalue weighted by Gasteiger charge is -2.12. The molecule has 0 bridgehead atoms. The maximum absolute atomic E-state index is 12.1. The van der Waals surface area contributed by atoms with Crippen LogP contribution < -0.4 is 10.1 Å². The van der Waals surface area contributed by atoms with Crippen molar-refractivity contribution in [3.63, 3.8) is 0 Å². The molecular formula is C17H17Br2NO2. The maximum atomic E-state index is 12.1. The van der Waals surface area contributed by atoms with Crippen molar-refractivity contribution in [2.45, 2.75) is 20.8 Å². The molecule has 5 heteroatoms. The van der Waals surface area contributed by atoms with E-state index >= 15 is 0 Å². The first-order valence-electron chi connectivity index (χ1n) is 6.82. The van der Waals surface area contributed by atoms with Gasteiger partial charge in [-0.05, 0) is 93.6 Å². The highest BCUT2D eigenvalue weighted by atomic mass is 79.9. The van der Waals surface area contributed by atoms with Crippen LogP contribution in [0.25, 0.3) is 0 Å². The zero-order chi connectivity index (χ0) is 16.3. The Morgan fingerprint density at radius 3 is 2.00 bits per heavy atom. The number of carbonyl (C=O) groups is 1. The minimum atomic E-state index is -0.204. The third kappa shape index (κ3) is 4.58. The number of rotatable bonds is 4. The summed E-state index contributed by atoms with van der Waals surface area (Å²) in [6.07, 6.45) is 0. The smallest absolute Gasteiger partial charge is 0.262 e. The summed E-state index contributed by atoms with van der Waals surface area (Å²) < 4.78 is 7.23. The van der Waals surface area contributed by atoms with Gasteiger partial charge in [-0.3, -0.25) is 4.79 Å². The highest BCUT2D eigenvalue weighted by molar-refractivity contribution is 9.11. The summed E-state index contributed by atoms with van der Waals surface area (Å²) in [5.74, 6) is 0.499. The van der Waals surface area contributed by atoms with Crippen LogP contribution in [0.1, 0.15) is 16.7 Å². The molecule has 2 aromatic carbocycles. The normalized spacial score (nSPS) is 10.4. The van der Waals surface area contributed by atoms with Crippen LogP contribution in [-0.4, -0.2) is 12.5 Å². The van der Waals surface area contributed by atoms with Gasteiger partial charge in [-0.1, -0.05) is 6.07 Å². The quantitative estimate of drug-likeness (QED) is 0.733. The second-order valence-electron chi connectivity index (χ2n) is 5.26. The number of nitrogens with one attached hydrogen (secondary N) is 1. The Hall–Kier alpha value is -1.33. The van der Waals surface area contributed by atoms with Gasteiger partial charge in [0, 0.05) is 8.95 Å². The van der Waals surface area contributed by atoms with Gasteiger partial charge in [0.25, 0.3) is 5.91 Å². The molecule has 1 N–H and O–H groups in total. The highest BCUT2D eigenvalue weighted by Crippen LogP contribution is 2.32. The van der Waals surface area contributed by atoms with Gasteiger partial charge in [-0.25, -0.2) is 0 Å². The summed E-state index contributed by atoms with van der Waals surface area (Å²) >= 11 is 6.91. The average Bonchev–Trinajstić information content (AvgIpc) is 2.39. The molecular weight excluding hydrogens is 410 g/mol. The van der Waals surface area contributed by atoms with Crippen LogP contribution in [0.4, 0.5) is 5.69 Å². The first-order chi connectivity index (χ1) is 10.3. The van der Waals surface area contributed by atoms with Crippen LogP contribution in [0, 0.1) is 20.8 Å². The van der Waals surface area contributed by atoms with Gasteiger partial charge in [0.15, 0.2) is 6.61 Å². The number of hydrogen-bond acceptors (Lipinski definition) is 2. The van der Waals surface area contributed by atoms with E-state index in [1.807, 2.05) is 45.0 Å². The number of ether oxygens (including phenoxy) is 1. The van der Waals surface area contributed by atoms with E-state index < -0.39 is 0 Å². The second kappa shape index (κ2) is 7.29. The highest BCUT2D eigenvalue weighted by Gasteiger charge is 2.11. The van der Waals surface area contributed by atoms with Crippen molar-refractivity contribution >= 4 is 43.5 Å². The molecule has 22 heavy (non-hydrogen) atoms. The van der Waals surface area contributed by atoms with Gasteiger partial charge >= 0.3 is 0 Å². The van der Waals surface area contributed by atoms with Crippen molar-refractivity contribution < 1.29 is 9.53 Å². The molecule has 0 aliphatic rings. The SMILES string of the molecule is Cc1cc(C)cc(OCC(=O)Nc2c(Br)cc(C)cc2Br)c1. The van der Waals surface area contributed by atoms with Gasteiger partial charge in [0.05, 0.1) is 5.69 Å². The molecule has 0 aliphatic heterocycles. The molecule has 0 atom stereocenters. The van der Waals surface area contributed by atoms with Crippen LogP contribution in [0.2, 0.25) is 0 Å². The van der Waals surface area contributed by atoms with E-state index in [2.05, 4.69) is 43.2 Å².